The van der Waals surface area contributed by atoms with Crippen molar-refractivity contribution in [2.45, 2.75) is 45.8 Å². The first-order chi connectivity index (χ1) is 15.0. The van der Waals surface area contributed by atoms with E-state index in [1.54, 1.807) is 0 Å². The Hall–Kier alpha value is -2.70. The Morgan fingerprint density at radius 1 is 1.03 bits per heavy atom. The molecule has 6 heteroatoms. The van der Waals surface area contributed by atoms with Crippen LogP contribution in [0.1, 0.15) is 35.2 Å². The monoisotopic (exact) mass is 419 g/mol. The molecule has 1 spiro atoms. The maximum Gasteiger partial charge on any atom is 0.228 e. The normalized spacial score (nSPS) is 18.2. The molecule has 31 heavy (non-hydrogen) atoms. The number of hydrogen-bond donors (Lipinski definition) is 0. The van der Waals surface area contributed by atoms with Crippen molar-refractivity contribution in [2.24, 2.45) is 0 Å². The second-order valence-electron chi connectivity index (χ2n) is 8.76. The average Bonchev–Trinajstić information content (AvgIpc) is 3.37. The predicted octanol–water partition coefficient (Wildman–Crippen LogP) is 3.83. The molecule has 0 atom stereocenters. The summed E-state index contributed by atoms with van der Waals surface area (Å²) in [4.78, 5) is 20.2. The number of aromatic nitrogens is 2. The highest BCUT2D eigenvalue weighted by Gasteiger charge is 2.40. The van der Waals surface area contributed by atoms with Crippen molar-refractivity contribution in [1.82, 2.24) is 14.3 Å². The molecule has 1 amide bonds. The summed E-state index contributed by atoms with van der Waals surface area (Å²) in [7, 11) is 0. The number of hydrogen-bond acceptors (Lipinski definition) is 4. The predicted molar refractivity (Wildman–Crippen MR) is 119 cm³/mol. The first kappa shape index (κ1) is 20.2. The van der Waals surface area contributed by atoms with Crippen molar-refractivity contribution < 1.29 is 14.3 Å². The number of carbonyl (C=O) groups excluding carboxylic acids is 1. The number of pyridine rings is 1. The van der Waals surface area contributed by atoms with Gasteiger partial charge in [-0.3, -0.25) is 4.79 Å². The Morgan fingerprint density at radius 2 is 1.77 bits per heavy atom. The number of amides is 1. The Labute approximate surface area is 182 Å². The fraction of sp³-hybridized carbons (Fsp3) is 0.440. The lowest BCUT2D eigenvalue weighted by molar-refractivity contribution is -0.187. The van der Waals surface area contributed by atoms with E-state index in [9.17, 15) is 4.79 Å². The summed E-state index contributed by atoms with van der Waals surface area (Å²) < 4.78 is 13.7. The van der Waals surface area contributed by atoms with Crippen molar-refractivity contribution in [1.29, 1.82) is 0 Å². The molecule has 0 unspecified atom stereocenters. The smallest absolute Gasteiger partial charge is 0.228 e. The minimum Gasteiger partial charge on any atom is -0.347 e. The third kappa shape index (κ3) is 3.64. The molecular formula is C25H29N3O3. The van der Waals surface area contributed by atoms with Gasteiger partial charge in [0.1, 0.15) is 5.65 Å². The van der Waals surface area contributed by atoms with Gasteiger partial charge in [-0.05, 0) is 49.6 Å². The lowest BCUT2D eigenvalue weighted by atomic mass is 10.0. The Bertz CT molecular complexity index is 1130. The quantitative estimate of drug-likeness (QED) is 0.647. The number of nitrogens with zero attached hydrogens (tertiary/aromatic N) is 3. The maximum atomic E-state index is 13.3. The van der Waals surface area contributed by atoms with Gasteiger partial charge in [0.05, 0.1) is 31.0 Å². The highest BCUT2D eigenvalue weighted by atomic mass is 16.7. The van der Waals surface area contributed by atoms with E-state index in [4.69, 9.17) is 14.5 Å². The summed E-state index contributed by atoms with van der Waals surface area (Å²) in [6.07, 6.45) is 3.79. The van der Waals surface area contributed by atoms with Crippen molar-refractivity contribution in [3.63, 3.8) is 0 Å². The van der Waals surface area contributed by atoms with Crippen LogP contribution >= 0.6 is 0 Å². The molecule has 4 heterocycles. The number of likely N-dealkylation sites (tertiary alicyclic amines) is 1. The van der Waals surface area contributed by atoms with Gasteiger partial charge in [0.2, 0.25) is 5.91 Å². The molecule has 0 bridgehead atoms. The van der Waals surface area contributed by atoms with E-state index in [0.717, 1.165) is 41.0 Å². The van der Waals surface area contributed by atoms with E-state index < -0.39 is 5.79 Å². The van der Waals surface area contributed by atoms with Gasteiger partial charge < -0.3 is 18.8 Å². The third-order valence-corrected chi connectivity index (χ3v) is 6.73. The van der Waals surface area contributed by atoms with E-state index in [0.29, 0.717) is 32.7 Å². The highest BCUT2D eigenvalue weighted by Crippen LogP contribution is 2.32. The van der Waals surface area contributed by atoms with Gasteiger partial charge in [-0.15, -0.1) is 0 Å². The summed E-state index contributed by atoms with van der Waals surface area (Å²) in [6.45, 7) is 8.90. The van der Waals surface area contributed by atoms with Crippen molar-refractivity contribution >= 4 is 11.6 Å². The SMILES string of the molecule is Cc1ccc(-c2nc3c(C)cccn3c2CC(=O)N2CCC3(CC2)OCCO3)cc1C. The third-order valence-electron chi connectivity index (χ3n) is 6.73. The number of piperidine rings is 1. The molecule has 0 saturated carbocycles. The second kappa shape index (κ2) is 7.77. The molecule has 2 saturated heterocycles. The van der Waals surface area contributed by atoms with Crippen LogP contribution < -0.4 is 0 Å². The zero-order chi connectivity index (χ0) is 21.6. The summed E-state index contributed by atoms with van der Waals surface area (Å²) in [5.41, 5.74) is 7.37. The fourth-order valence-electron chi connectivity index (χ4n) is 4.68. The Morgan fingerprint density at radius 3 is 2.48 bits per heavy atom. The Kier molecular flexibility index (Phi) is 5.07. The fourth-order valence-corrected chi connectivity index (χ4v) is 4.68. The maximum absolute atomic E-state index is 13.3. The van der Waals surface area contributed by atoms with Crippen molar-refractivity contribution in [3.8, 4) is 11.3 Å². The molecule has 5 rings (SSSR count). The zero-order valence-electron chi connectivity index (χ0n) is 18.5. The van der Waals surface area contributed by atoms with Crippen molar-refractivity contribution in [2.75, 3.05) is 26.3 Å². The van der Waals surface area contributed by atoms with Gasteiger partial charge in [-0.25, -0.2) is 4.98 Å². The van der Waals surface area contributed by atoms with E-state index in [2.05, 4.69) is 49.4 Å². The number of aryl methyl sites for hydroxylation is 3. The van der Waals surface area contributed by atoms with Crippen LogP contribution in [0.3, 0.4) is 0 Å². The number of fused-ring (bicyclic) bond motifs is 1. The van der Waals surface area contributed by atoms with Gasteiger partial charge in [0, 0.05) is 37.7 Å². The number of ether oxygens (including phenoxy) is 2. The minimum absolute atomic E-state index is 0.126. The van der Waals surface area contributed by atoms with Gasteiger partial charge in [0.25, 0.3) is 0 Å². The molecular weight excluding hydrogens is 390 g/mol. The highest BCUT2D eigenvalue weighted by molar-refractivity contribution is 5.82. The molecule has 2 aliphatic rings. The molecule has 0 N–H and O–H groups in total. The lowest BCUT2D eigenvalue weighted by Gasteiger charge is -2.37. The molecule has 1 aromatic carbocycles. The van der Waals surface area contributed by atoms with Crippen LogP contribution in [-0.2, 0) is 20.7 Å². The van der Waals surface area contributed by atoms with Gasteiger partial charge in [0.15, 0.2) is 5.79 Å². The van der Waals surface area contributed by atoms with Crippen LogP contribution in [0, 0.1) is 20.8 Å². The molecule has 0 radical (unpaired) electrons. The van der Waals surface area contributed by atoms with Gasteiger partial charge >= 0.3 is 0 Å². The standard InChI is InChI=1S/C25H29N3O3/c1-17-6-7-20(15-19(17)3)23-21(28-10-4-5-18(2)24(28)26-23)16-22(29)27-11-8-25(9-12-27)30-13-14-31-25/h4-7,10,15H,8-9,11-14,16H2,1-3H3. The second-order valence-corrected chi connectivity index (χ2v) is 8.76. The van der Waals surface area contributed by atoms with Crippen molar-refractivity contribution in [3.05, 3.63) is 58.9 Å². The number of imidazole rings is 1. The first-order valence-electron chi connectivity index (χ1n) is 11.1. The Balaban J connectivity index is 1.46. The van der Waals surface area contributed by atoms with Crippen LogP contribution in [0.15, 0.2) is 36.5 Å². The molecule has 0 aliphatic carbocycles. The van der Waals surface area contributed by atoms with Gasteiger partial charge in [-0.1, -0.05) is 18.2 Å². The molecule has 3 aromatic rings. The van der Waals surface area contributed by atoms with Gasteiger partial charge in [-0.2, -0.15) is 0 Å². The molecule has 2 aromatic heterocycles. The van der Waals surface area contributed by atoms with Crippen LogP contribution in [0.4, 0.5) is 0 Å². The van der Waals surface area contributed by atoms with E-state index >= 15 is 0 Å². The van der Waals surface area contributed by atoms with E-state index in [-0.39, 0.29) is 5.91 Å². The van der Waals surface area contributed by atoms with E-state index in [1.165, 1.54) is 11.1 Å². The first-order valence-corrected chi connectivity index (χ1v) is 11.1. The molecule has 2 fully saturated rings. The number of benzene rings is 1. The summed E-state index contributed by atoms with van der Waals surface area (Å²) >= 11 is 0. The van der Waals surface area contributed by atoms with E-state index in [1.807, 2.05) is 17.2 Å². The van der Waals surface area contributed by atoms with Crippen LogP contribution in [0.5, 0.6) is 0 Å². The molecule has 6 nitrogen and oxygen atoms in total. The summed E-state index contributed by atoms with van der Waals surface area (Å²) in [6, 6.07) is 10.5. The molecule has 162 valence electrons. The zero-order valence-corrected chi connectivity index (χ0v) is 18.5. The van der Waals surface area contributed by atoms with Crippen LogP contribution in [0.25, 0.3) is 16.9 Å². The summed E-state index contributed by atoms with van der Waals surface area (Å²) in [5.74, 6) is -0.344. The summed E-state index contributed by atoms with van der Waals surface area (Å²) in [5, 5.41) is 0. The van der Waals surface area contributed by atoms with Crippen LogP contribution in [-0.4, -0.2) is 52.3 Å². The average molecular weight is 420 g/mol. The number of rotatable bonds is 3. The topological polar surface area (TPSA) is 56.1 Å². The van der Waals surface area contributed by atoms with Crippen LogP contribution in [0.2, 0.25) is 0 Å². The minimum atomic E-state index is -0.470. The lowest BCUT2D eigenvalue weighted by Crippen LogP contribution is -2.47. The largest absolute Gasteiger partial charge is 0.347 e. The molecule has 2 aliphatic heterocycles. The number of carbonyl (C=O) groups is 1.